The van der Waals surface area contributed by atoms with E-state index in [0.717, 1.165) is 49.9 Å². The molecule has 1 atom stereocenters. The van der Waals surface area contributed by atoms with Gasteiger partial charge in [-0.05, 0) is 36.4 Å². The van der Waals surface area contributed by atoms with Gasteiger partial charge in [0.25, 0.3) is 0 Å². The number of aromatic nitrogens is 2. The maximum Gasteiger partial charge on any atom is 0.329 e. The first-order valence-corrected chi connectivity index (χ1v) is 12.7. The number of hydrogen-bond acceptors (Lipinski definition) is 7. The lowest BCUT2D eigenvalue weighted by Crippen LogP contribution is -2.45. The Balaban J connectivity index is 1.51. The number of carbonyl (C=O) groups excluding carboxylic acids is 1. The Hall–Kier alpha value is -3.92. The van der Waals surface area contributed by atoms with Crippen LogP contribution in [0.1, 0.15) is 49.8 Å². The van der Waals surface area contributed by atoms with Crippen LogP contribution in [0.25, 0.3) is 17.1 Å². The molecule has 1 aromatic heterocycles. The Morgan fingerprint density at radius 3 is 2.39 bits per heavy atom. The average Bonchev–Trinajstić information content (AvgIpc) is 2.93. The molecule has 1 aliphatic heterocycles. The molecule has 4 rings (SSSR count). The van der Waals surface area contributed by atoms with Crippen LogP contribution in [0, 0.1) is 11.3 Å². The van der Waals surface area contributed by atoms with E-state index in [1.165, 1.54) is 0 Å². The molecule has 0 amide bonds. The second kappa shape index (κ2) is 12.7. The van der Waals surface area contributed by atoms with Crippen molar-refractivity contribution in [3.63, 3.8) is 0 Å². The van der Waals surface area contributed by atoms with Crippen LogP contribution in [0.15, 0.2) is 60.8 Å². The molecule has 3 aromatic rings. The van der Waals surface area contributed by atoms with Crippen molar-refractivity contribution in [1.82, 2.24) is 14.9 Å². The summed E-state index contributed by atoms with van der Waals surface area (Å²) < 4.78 is 5.48. The number of anilines is 1. The Kier molecular flexibility index (Phi) is 8.87. The fourth-order valence-electron chi connectivity index (χ4n) is 4.28. The minimum Gasteiger partial charge on any atom is -0.464 e. The third-order valence-corrected chi connectivity index (χ3v) is 6.35. The molecule has 0 aliphatic carbocycles. The van der Waals surface area contributed by atoms with Crippen molar-refractivity contribution in [3.8, 4) is 6.07 Å². The molecular formula is C29H33N5O2. The van der Waals surface area contributed by atoms with Crippen molar-refractivity contribution in [2.45, 2.75) is 38.5 Å². The van der Waals surface area contributed by atoms with Gasteiger partial charge >= 0.3 is 5.97 Å². The van der Waals surface area contributed by atoms with Crippen molar-refractivity contribution in [3.05, 3.63) is 72.1 Å². The fourth-order valence-corrected chi connectivity index (χ4v) is 4.28. The van der Waals surface area contributed by atoms with Crippen molar-refractivity contribution < 1.29 is 9.53 Å². The average molecular weight is 484 g/mol. The molecule has 1 saturated heterocycles. The predicted octanol–water partition coefficient (Wildman–Crippen LogP) is 5.15. The van der Waals surface area contributed by atoms with E-state index < -0.39 is 11.9 Å². The Bertz CT molecular complexity index is 1210. The Morgan fingerprint density at radius 1 is 1.00 bits per heavy atom. The van der Waals surface area contributed by atoms with Crippen molar-refractivity contribution in [2.75, 3.05) is 37.7 Å². The third-order valence-electron chi connectivity index (χ3n) is 6.35. The molecule has 2 heterocycles. The van der Waals surface area contributed by atoms with Crippen LogP contribution in [0.5, 0.6) is 0 Å². The third kappa shape index (κ3) is 6.39. The Labute approximate surface area is 213 Å². The van der Waals surface area contributed by atoms with E-state index in [9.17, 15) is 10.1 Å². The van der Waals surface area contributed by atoms with Gasteiger partial charge < -0.3 is 14.5 Å². The van der Waals surface area contributed by atoms with Crippen molar-refractivity contribution in [2.24, 2.45) is 0 Å². The highest BCUT2D eigenvalue weighted by Crippen LogP contribution is 2.29. The number of nitriles is 1. The first-order valence-electron chi connectivity index (χ1n) is 12.7. The summed E-state index contributed by atoms with van der Waals surface area (Å²) in [4.78, 5) is 26.9. The maximum atomic E-state index is 12.9. The largest absolute Gasteiger partial charge is 0.464 e. The number of carbonyl (C=O) groups is 1. The number of rotatable bonds is 10. The summed E-state index contributed by atoms with van der Waals surface area (Å²) in [5.41, 5.74) is 2.94. The van der Waals surface area contributed by atoms with Gasteiger partial charge in [0.1, 0.15) is 5.69 Å². The molecule has 0 N–H and O–H groups in total. The molecule has 0 unspecified atom stereocenters. The molecule has 36 heavy (non-hydrogen) atoms. The van der Waals surface area contributed by atoms with Gasteiger partial charge in [-0.15, -0.1) is 0 Å². The van der Waals surface area contributed by atoms with E-state index in [-0.39, 0.29) is 0 Å². The maximum absolute atomic E-state index is 12.9. The fraction of sp³-hybridized carbons (Fsp3) is 0.379. The summed E-state index contributed by atoms with van der Waals surface area (Å²) in [5.74, 6) is -1.07. The van der Waals surface area contributed by atoms with Crippen LogP contribution < -0.4 is 4.90 Å². The summed E-state index contributed by atoms with van der Waals surface area (Å²) in [6.07, 6.45) is 8.25. The quantitative estimate of drug-likeness (QED) is 0.291. The monoisotopic (exact) mass is 483 g/mol. The lowest BCUT2D eigenvalue weighted by atomic mass is 10.1. The summed E-state index contributed by atoms with van der Waals surface area (Å²) in [6, 6.07) is 19.9. The summed E-state index contributed by atoms with van der Waals surface area (Å²) in [7, 11) is 0. The standard InChI is InChI=1S/C29H33N5O2/c1-2-3-4-10-21-36-29(35)24(22-30)27-28(32-26-14-9-8-13-25(26)31-27)34-19-17-33(18-20-34)16-15-23-11-6-5-7-12-23/h5-9,11-16,24H,2-4,10,17-21H2,1H3/b16-15+/t24-/m1/s1. The van der Waals surface area contributed by atoms with Crippen molar-refractivity contribution in [1.29, 1.82) is 5.26 Å². The lowest BCUT2D eigenvalue weighted by Gasteiger charge is -2.35. The van der Waals surface area contributed by atoms with Gasteiger partial charge in [0.2, 0.25) is 0 Å². The summed E-state index contributed by atoms with van der Waals surface area (Å²) in [6.45, 7) is 5.48. The Morgan fingerprint density at radius 2 is 1.69 bits per heavy atom. The molecule has 0 spiro atoms. The van der Waals surface area contributed by atoms with Gasteiger partial charge in [0.05, 0.1) is 23.7 Å². The van der Waals surface area contributed by atoms with Gasteiger partial charge in [-0.1, -0.05) is 68.7 Å². The molecule has 0 bridgehead atoms. The highest BCUT2D eigenvalue weighted by atomic mass is 16.5. The van der Waals surface area contributed by atoms with E-state index in [0.29, 0.717) is 36.7 Å². The van der Waals surface area contributed by atoms with Gasteiger partial charge in [0.15, 0.2) is 11.7 Å². The molecule has 2 aromatic carbocycles. The van der Waals surface area contributed by atoms with E-state index in [1.807, 2.05) is 42.5 Å². The zero-order valence-corrected chi connectivity index (χ0v) is 20.8. The van der Waals surface area contributed by atoms with Crippen LogP contribution in [0.4, 0.5) is 5.82 Å². The molecule has 1 aliphatic rings. The van der Waals surface area contributed by atoms with Gasteiger partial charge in [-0.2, -0.15) is 5.26 Å². The van der Waals surface area contributed by atoms with E-state index in [1.54, 1.807) is 0 Å². The highest BCUT2D eigenvalue weighted by Gasteiger charge is 2.31. The molecular weight excluding hydrogens is 450 g/mol. The van der Waals surface area contributed by atoms with E-state index in [2.05, 4.69) is 47.2 Å². The van der Waals surface area contributed by atoms with Crippen LogP contribution >= 0.6 is 0 Å². The summed E-state index contributed by atoms with van der Waals surface area (Å²) in [5, 5.41) is 9.95. The molecule has 7 nitrogen and oxygen atoms in total. The number of unbranched alkanes of at least 4 members (excludes halogenated alkanes) is 3. The molecule has 0 radical (unpaired) electrons. The number of ether oxygens (including phenoxy) is 1. The minimum atomic E-state index is -1.11. The van der Waals surface area contributed by atoms with Crippen LogP contribution in [-0.4, -0.2) is 53.6 Å². The first kappa shape index (κ1) is 25.2. The number of para-hydroxylation sites is 2. The second-order valence-electron chi connectivity index (χ2n) is 8.96. The summed E-state index contributed by atoms with van der Waals surface area (Å²) >= 11 is 0. The predicted molar refractivity (Wildman–Crippen MR) is 142 cm³/mol. The zero-order valence-electron chi connectivity index (χ0n) is 20.8. The first-order chi connectivity index (χ1) is 17.7. The second-order valence-corrected chi connectivity index (χ2v) is 8.96. The van der Waals surface area contributed by atoms with E-state index >= 15 is 0 Å². The number of esters is 1. The van der Waals surface area contributed by atoms with Crippen LogP contribution in [-0.2, 0) is 9.53 Å². The smallest absolute Gasteiger partial charge is 0.329 e. The van der Waals surface area contributed by atoms with Crippen LogP contribution in [0.2, 0.25) is 0 Å². The number of benzene rings is 2. The molecule has 0 saturated carbocycles. The van der Waals surface area contributed by atoms with Gasteiger partial charge in [-0.3, -0.25) is 4.79 Å². The SMILES string of the molecule is CCCCCCOC(=O)[C@H](C#N)c1nc2ccccc2nc1N1CCN(/C=C/c2ccccc2)CC1. The minimum absolute atomic E-state index is 0.319. The van der Waals surface area contributed by atoms with Crippen molar-refractivity contribution >= 4 is 28.9 Å². The lowest BCUT2D eigenvalue weighted by molar-refractivity contribution is -0.144. The van der Waals surface area contributed by atoms with Crippen LogP contribution in [0.3, 0.4) is 0 Å². The normalized spacial score (nSPS) is 14.7. The zero-order chi connectivity index (χ0) is 25.2. The molecule has 186 valence electrons. The van der Waals surface area contributed by atoms with E-state index in [4.69, 9.17) is 14.7 Å². The molecule has 1 fully saturated rings. The number of piperazine rings is 1. The van der Waals surface area contributed by atoms with Gasteiger partial charge in [0, 0.05) is 26.2 Å². The number of fused-ring (bicyclic) bond motifs is 1. The number of hydrogen-bond donors (Lipinski definition) is 0. The highest BCUT2D eigenvalue weighted by molar-refractivity contribution is 5.85. The topological polar surface area (TPSA) is 82.3 Å². The number of nitrogens with zero attached hydrogens (tertiary/aromatic N) is 5. The molecule has 7 heteroatoms. The van der Waals surface area contributed by atoms with Gasteiger partial charge in [-0.25, -0.2) is 9.97 Å².